The van der Waals surface area contributed by atoms with Crippen LogP contribution in [0.4, 0.5) is 11.4 Å². The third-order valence-corrected chi connectivity index (χ3v) is 3.63. The van der Waals surface area contributed by atoms with Gasteiger partial charge in [0.05, 0.1) is 11.0 Å². The Morgan fingerprint density at radius 1 is 1.52 bits per heavy atom. The molecule has 1 atom stereocenters. The van der Waals surface area contributed by atoms with Gasteiger partial charge in [0.15, 0.2) is 6.29 Å². The molecule has 1 aromatic carbocycles. The molecule has 6 nitrogen and oxygen atoms in total. The molecule has 0 aromatic heterocycles. The van der Waals surface area contributed by atoms with Gasteiger partial charge in [-0.05, 0) is 25.3 Å². The lowest BCUT2D eigenvalue weighted by Gasteiger charge is -2.34. The summed E-state index contributed by atoms with van der Waals surface area (Å²) in [6.07, 6.45) is 3.82. The normalized spacial score (nSPS) is 18.5. The average molecular weight is 292 g/mol. The third kappa shape index (κ3) is 3.78. The van der Waals surface area contributed by atoms with Gasteiger partial charge in [-0.2, -0.15) is 0 Å². The molecule has 0 radical (unpaired) electrons. The lowest BCUT2D eigenvalue weighted by Crippen LogP contribution is -2.40. The molecule has 0 saturated carbocycles. The van der Waals surface area contributed by atoms with Gasteiger partial charge in [-0.25, -0.2) is 0 Å². The minimum absolute atomic E-state index is 0.0587. The fourth-order valence-electron chi connectivity index (χ4n) is 2.62. The largest absolute Gasteiger partial charge is 0.376 e. The Morgan fingerprint density at radius 3 is 3.00 bits per heavy atom. The van der Waals surface area contributed by atoms with Crippen LogP contribution in [0.5, 0.6) is 0 Å². The van der Waals surface area contributed by atoms with Crippen LogP contribution in [-0.2, 0) is 4.74 Å². The number of carbonyl (C=O) groups excluding carboxylic acids is 1. The first-order valence-electron chi connectivity index (χ1n) is 7.26. The topological polar surface area (TPSA) is 72.7 Å². The molecular formula is C15H20N2O4. The molecular weight excluding hydrogens is 272 g/mol. The predicted molar refractivity (Wildman–Crippen MR) is 80.0 cm³/mol. The first kappa shape index (κ1) is 15.4. The number of aldehydes is 1. The van der Waals surface area contributed by atoms with Crippen molar-refractivity contribution in [3.63, 3.8) is 0 Å². The Labute approximate surface area is 123 Å². The summed E-state index contributed by atoms with van der Waals surface area (Å²) in [6.45, 7) is 4.37. The average Bonchev–Trinajstić information content (AvgIpc) is 2.52. The summed E-state index contributed by atoms with van der Waals surface area (Å²) < 4.78 is 5.78. The van der Waals surface area contributed by atoms with Crippen LogP contribution in [0.15, 0.2) is 18.2 Å². The quantitative estimate of drug-likeness (QED) is 0.458. The van der Waals surface area contributed by atoms with Crippen molar-refractivity contribution >= 4 is 17.7 Å². The molecule has 1 heterocycles. The maximum Gasteiger partial charge on any atom is 0.270 e. The summed E-state index contributed by atoms with van der Waals surface area (Å²) >= 11 is 0. The van der Waals surface area contributed by atoms with Crippen molar-refractivity contribution in [2.45, 2.75) is 32.3 Å². The van der Waals surface area contributed by atoms with E-state index in [0.29, 0.717) is 11.8 Å². The molecule has 1 fully saturated rings. The monoisotopic (exact) mass is 292 g/mol. The molecule has 114 valence electrons. The predicted octanol–water partition coefficient (Wildman–Crippen LogP) is 2.80. The molecule has 6 heteroatoms. The Hall–Kier alpha value is -1.95. The number of ether oxygens (including phenoxy) is 1. The molecule has 1 unspecified atom stereocenters. The van der Waals surface area contributed by atoms with Crippen LogP contribution in [0.25, 0.3) is 0 Å². The van der Waals surface area contributed by atoms with Crippen LogP contribution >= 0.6 is 0 Å². The second kappa shape index (κ2) is 7.17. The van der Waals surface area contributed by atoms with E-state index in [2.05, 4.69) is 11.8 Å². The number of piperidine rings is 1. The maximum atomic E-state index is 11.2. The minimum atomic E-state index is -0.486. The number of non-ortho nitro benzene ring substituents is 1. The molecule has 0 bridgehead atoms. The van der Waals surface area contributed by atoms with Crippen LogP contribution in [0.2, 0.25) is 0 Å². The standard InChI is InChI=1S/C15H20N2O4/c1-2-8-21-14-4-3-7-16(10-14)15-6-5-13(17(19)20)9-12(15)11-18/h5-6,9,11,14H,2-4,7-8,10H2,1H3. The van der Waals surface area contributed by atoms with E-state index in [-0.39, 0.29) is 11.8 Å². The van der Waals surface area contributed by atoms with Crippen molar-refractivity contribution in [3.05, 3.63) is 33.9 Å². The number of hydrogen-bond donors (Lipinski definition) is 0. The van der Waals surface area contributed by atoms with Gasteiger partial charge >= 0.3 is 0 Å². The lowest BCUT2D eigenvalue weighted by atomic mass is 10.0. The Balaban J connectivity index is 2.16. The summed E-state index contributed by atoms with van der Waals surface area (Å²) in [4.78, 5) is 23.6. The Kier molecular flexibility index (Phi) is 5.27. The molecule has 0 N–H and O–H groups in total. The van der Waals surface area contributed by atoms with Crippen molar-refractivity contribution < 1.29 is 14.5 Å². The first-order chi connectivity index (χ1) is 10.2. The van der Waals surface area contributed by atoms with Crippen molar-refractivity contribution in [1.82, 2.24) is 0 Å². The second-order valence-corrected chi connectivity index (χ2v) is 5.20. The van der Waals surface area contributed by atoms with E-state index in [1.165, 1.54) is 12.1 Å². The second-order valence-electron chi connectivity index (χ2n) is 5.20. The molecule has 1 aliphatic heterocycles. The number of benzene rings is 1. The van der Waals surface area contributed by atoms with Gasteiger partial charge in [-0.15, -0.1) is 0 Å². The number of rotatable bonds is 6. The lowest BCUT2D eigenvalue weighted by molar-refractivity contribution is -0.384. The smallest absolute Gasteiger partial charge is 0.270 e. The highest BCUT2D eigenvalue weighted by Gasteiger charge is 2.23. The molecule has 0 aliphatic carbocycles. The van der Waals surface area contributed by atoms with Gasteiger partial charge in [0, 0.05) is 43.1 Å². The third-order valence-electron chi connectivity index (χ3n) is 3.63. The van der Waals surface area contributed by atoms with Crippen molar-refractivity contribution in [2.24, 2.45) is 0 Å². The van der Waals surface area contributed by atoms with E-state index in [9.17, 15) is 14.9 Å². The highest BCUT2D eigenvalue weighted by molar-refractivity contribution is 5.86. The molecule has 1 saturated heterocycles. The highest BCUT2D eigenvalue weighted by atomic mass is 16.6. The number of nitro groups is 1. The van der Waals surface area contributed by atoms with E-state index in [1.54, 1.807) is 6.07 Å². The minimum Gasteiger partial charge on any atom is -0.376 e. The summed E-state index contributed by atoms with van der Waals surface area (Å²) in [5.74, 6) is 0. The molecule has 1 aromatic rings. The molecule has 1 aliphatic rings. The molecule has 21 heavy (non-hydrogen) atoms. The van der Waals surface area contributed by atoms with Gasteiger partial charge in [0.2, 0.25) is 0 Å². The van der Waals surface area contributed by atoms with Gasteiger partial charge in [0.25, 0.3) is 5.69 Å². The van der Waals surface area contributed by atoms with Crippen LogP contribution in [0.1, 0.15) is 36.5 Å². The van der Waals surface area contributed by atoms with Crippen LogP contribution in [0.3, 0.4) is 0 Å². The van der Waals surface area contributed by atoms with Crippen LogP contribution in [-0.4, -0.2) is 37.0 Å². The molecule has 2 rings (SSSR count). The van der Waals surface area contributed by atoms with Gasteiger partial charge in [-0.1, -0.05) is 6.92 Å². The first-order valence-corrected chi connectivity index (χ1v) is 7.26. The van der Waals surface area contributed by atoms with E-state index in [1.807, 2.05) is 0 Å². The number of anilines is 1. The molecule has 0 spiro atoms. The highest BCUT2D eigenvalue weighted by Crippen LogP contribution is 2.27. The fraction of sp³-hybridized carbons (Fsp3) is 0.533. The van der Waals surface area contributed by atoms with Crippen LogP contribution in [0, 0.1) is 10.1 Å². The summed E-state index contributed by atoms with van der Waals surface area (Å²) in [5.41, 5.74) is 1.05. The van der Waals surface area contributed by atoms with Gasteiger partial charge in [-0.3, -0.25) is 14.9 Å². The Bertz CT molecular complexity index is 518. The Morgan fingerprint density at radius 2 is 2.33 bits per heavy atom. The summed E-state index contributed by atoms with van der Waals surface area (Å²) in [5, 5.41) is 10.8. The van der Waals surface area contributed by atoms with E-state index in [0.717, 1.165) is 44.6 Å². The summed E-state index contributed by atoms with van der Waals surface area (Å²) in [7, 11) is 0. The SMILES string of the molecule is CCCOC1CCCN(c2ccc([N+](=O)[O-])cc2C=O)C1. The number of nitro benzene ring substituents is 1. The zero-order valence-electron chi connectivity index (χ0n) is 12.2. The van der Waals surface area contributed by atoms with Gasteiger partial charge in [0.1, 0.15) is 0 Å². The van der Waals surface area contributed by atoms with Crippen molar-refractivity contribution in [3.8, 4) is 0 Å². The van der Waals surface area contributed by atoms with Crippen molar-refractivity contribution in [1.29, 1.82) is 0 Å². The number of carbonyl (C=O) groups is 1. The van der Waals surface area contributed by atoms with Crippen molar-refractivity contribution in [2.75, 3.05) is 24.6 Å². The van der Waals surface area contributed by atoms with Crippen LogP contribution < -0.4 is 4.90 Å². The maximum absolute atomic E-state index is 11.2. The number of hydrogen-bond acceptors (Lipinski definition) is 5. The van der Waals surface area contributed by atoms with E-state index >= 15 is 0 Å². The fourth-order valence-corrected chi connectivity index (χ4v) is 2.62. The zero-order valence-corrected chi connectivity index (χ0v) is 12.2. The number of nitrogens with zero attached hydrogens (tertiary/aromatic N) is 2. The zero-order chi connectivity index (χ0) is 15.2. The van der Waals surface area contributed by atoms with Gasteiger partial charge < -0.3 is 9.64 Å². The summed E-state index contributed by atoms with van der Waals surface area (Å²) in [6, 6.07) is 4.43. The van der Waals surface area contributed by atoms with E-state index < -0.39 is 4.92 Å². The molecule has 0 amide bonds. The van der Waals surface area contributed by atoms with E-state index in [4.69, 9.17) is 4.74 Å².